The normalized spacial score (nSPS) is 10.8. The second kappa shape index (κ2) is 9.39. The lowest BCUT2D eigenvalue weighted by Crippen LogP contribution is -2.18. The highest BCUT2D eigenvalue weighted by atomic mass is 19.3. The Morgan fingerprint density at radius 2 is 2.10 bits per heavy atom. The van der Waals surface area contributed by atoms with E-state index in [0.717, 1.165) is 17.8 Å². The number of hydrogen-bond donors (Lipinski definition) is 2. The summed E-state index contributed by atoms with van der Waals surface area (Å²) in [5.41, 5.74) is 1.71. The van der Waals surface area contributed by atoms with Gasteiger partial charge in [-0.05, 0) is 18.2 Å². The first-order valence-corrected chi connectivity index (χ1v) is 6.57. The maximum atomic E-state index is 11.8. The highest BCUT2D eigenvalue weighted by Gasteiger charge is 2.07. The van der Waals surface area contributed by atoms with E-state index in [-0.39, 0.29) is 18.9 Å². The van der Waals surface area contributed by atoms with Gasteiger partial charge in [-0.1, -0.05) is 25.1 Å². The SMILES string of the molecule is CCNCc1ccccc1NC(=O)CCOCC(F)F. The van der Waals surface area contributed by atoms with E-state index >= 15 is 0 Å². The molecule has 4 nitrogen and oxygen atoms in total. The highest BCUT2D eigenvalue weighted by molar-refractivity contribution is 5.91. The van der Waals surface area contributed by atoms with Crippen LogP contribution in [-0.2, 0) is 16.1 Å². The molecular formula is C14H20F2N2O2. The molecule has 0 saturated heterocycles. The van der Waals surface area contributed by atoms with Gasteiger partial charge >= 0.3 is 0 Å². The third-order valence-electron chi connectivity index (χ3n) is 2.57. The Morgan fingerprint density at radius 1 is 1.35 bits per heavy atom. The topological polar surface area (TPSA) is 50.4 Å². The molecule has 0 saturated carbocycles. The molecule has 1 aromatic carbocycles. The third kappa shape index (κ3) is 6.58. The van der Waals surface area contributed by atoms with Crippen molar-refractivity contribution in [3.8, 4) is 0 Å². The molecule has 1 amide bonds. The van der Waals surface area contributed by atoms with Gasteiger partial charge in [0, 0.05) is 12.2 Å². The summed E-state index contributed by atoms with van der Waals surface area (Å²) in [6.45, 7) is 2.86. The minimum absolute atomic E-state index is 0.00838. The van der Waals surface area contributed by atoms with Crippen molar-refractivity contribution in [2.24, 2.45) is 0 Å². The summed E-state index contributed by atoms with van der Waals surface area (Å²) >= 11 is 0. The van der Waals surface area contributed by atoms with E-state index < -0.39 is 13.0 Å². The molecule has 0 heterocycles. The van der Waals surface area contributed by atoms with Crippen molar-refractivity contribution in [2.45, 2.75) is 26.3 Å². The number of alkyl halides is 2. The van der Waals surface area contributed by atoms with Crippen molar-refractivity contribution in [2.75, 3.05) is 25.1 Å². The molecule has 0 atom stereocenters. The number of para-hydroxylation sites is 1. The van der Waals surface area contributed by atoms with Gasteiger partial charge in [-0.3, -0.25) is 4.79 Å². The average Bonchev–Trinajstić information content (AvgIpc) is 2.42. The van der Waals surface area contributed by atoms with E-state index in [1.807, 2.05) is 31.2 Å². The zero-order valence-corrected chi connectivity index (χ0v) is 11.5. The Kier molecular flexibility index (Phi) is 7.75. The van der Waals surface area contributed by atoms with Crippen molar-refractivity contribution in [3.63, 3.8) is 0 Å². The standard InChI is InChI=1S/C14H20F2N2O2/c1-2-17-9-11-5-3-4-6-12(11)18-14(19)7-8-20-10-13(15)16/h3-6,13,17H,2,7-10H2,1H3,(H,18,19). The molecule has 0 aliphatic heterocycles. The lowest BCUT2D eigenvalue weighted by molar-refractivity contribution is -0.117. The largest absolute Gasteiger partial charge is 0.375 e. The Hall–Kier alpha value is -1.53. The summed E-state index contributed by atoms with van der Waals surface area (Å²) < 4.78 is 28.4. The first-order valence-electron chi connectivity index (χ1n) is 6.57. The summed E-state index contributed by atoms with van der Waals surface area (Å²) in [5.74, 6) is -0.247. The van der Waals surface area contributed by atoms with Crippen LogP contribution in [-0.4, -0.2) is 32.1 Å². The van der Waals surface area contributed by atoms with Gasteiger partial charge < -0.3 is 15.4 Å². The minimum Gasteiger partial charge on any atom is -0.375 e. The molecule has 0 aromatic heterocycles. The molecule has 0 radical (unpaired) electrons. The van der Waals surface area contributed by atoms with Gasteiger partial charge in [0.25, 0.3) is 6.43 Å². The summed E-state index contributed by atoms with van der Waals surface area (Å²) in [6.07, 6.45) is -2.44. The first kappa shape index (κ1) is 16.5. The van der Waals surface area contributed by atoms with Gasteiger partial charge in [0.2, 0.25) is 5.91 Å². The number of rotatable bonds is 9. The van der Waals surface area contributed by atoms with Gasteiger partial charge in [-0.25, -0.2) is 8.78 Å². The maximum Gasteiger partial charge on any atom is 0.261 e. The highest BCUT2D eigenvalue weighted by Crippen LogP contribution is 2.15. The number of anilines is 1. The van der Waals surface area contributed by atoms with Crippen LogP contribution in [0.2, 0.25) is 0 Å². The summed E-state index contributed by atoms with van der Waals surface area (Å²) in [6, 6.07) is 7.46. The van der Waals surface area contributed by atoms with Crippen LogP contribution in [0.4, 0.5) is 14.5 Å². The predicted octanol–water partition coefficient (Wildman–Crippen LogP) is 2.41. The molecule has 6 heteroatoms. The zero-order valence-electron chi connectivity index (χ0n) is 11.5. The third-order valence-corrected chi connectivity index (χ3v) is 2.57. The summed E-state index contributed by atoms with van der Waals surface area (Å²) in [7, 11) is 0. The Bertz CT molecular complexity index is 414. The molecule has 1 aromatic rings. The van der Waals surface area contributed by atoms with E-state index in [4.69, 9.17) is 0 Å². The van der Waals surface area contributed by atoms with Crippen LogP contribution in [0.15, 0.2) is 24.3 Å². The lowest BCUT2D eigenvalue weighted by Gasteiger charge is -2.11. The minimum atomic E-state index is -2.50. The van der Waals surface area contributed by atoms with Crippen LogP contribution >= 0.6 is 0 Å². The van der Waals surface area contributed by atoms with Crippen molar-refractivity contribution in [1.29, 1.82) is 0 Å². The molecule has 0 spiro atoms. The number of nitrogens with one attached hydrogen (secondary N) is 2. The molecule has 2 N–H and O–H groups in total. The van der Waals surface area contributed by atoms with Crippen LogP contribution in [0, 0.1) is 0 Å². The number of carbonyl (C=O) groups is 1. The van der Waals surface area contributed by atoms with E-state index in [1.165, 1.54) is 0 Å². The molecule has 0 unspecified atom stereocenters. The van der Waals surface area contributed by atoms with Gasteiger partial charge in [0.05, 0.1) is 13.0 Å². The van der Waals surface area contributed by atoms with Crippen LogP contribution in [0.3, 0.4) is 0 Å². The second-order valence-electron chi connectivity index (χ2n) is 4.20. The van der Waals surface area contributed by atoms with Gasteiger partial charge in [-0.15, -0.1) is 0 Å². The van der Waals surface area contributed by atoms with Crippen LogP contribution in [0.25, 0.3) is 0 Å². The smallest absolute Gasteiger partial charge is 0.261 e. The van der Waals surface area contributed by atoms with Crippen LogP contribution < -0.4 is 10.6 Å². The van der Waals surface area contributed by atoms with Crippen molar-refractivity contribution in [1.82, 2.24) is 5.32 Å². The number of halogens is 2. The second-order valence-corrected chi connectivity index (χ2v) is 4.20. The van der Waals surface area contributed by atoms with E-state index in [9.17, 15) is 13.6 Å². The van der Waals surface area contributed by atoms with E-state index in [2.05, 4.69) is 15.4 Å². The molecule has 20 heavy (non-hydrogen) atoms. The molecule has 1 rings (SSSR count). The maximum absolute atomic E-state index is 11.8. The number of amides is 1. The van der Waals surface area contributed by atoms with Crippen molar-refractivity contribution < 1.29 is 18.3 Å². The Labute approximate surface area is 117 Å². The number of hydrogen-bond acceptors (Lipinski definition) is 3. The number of ether oxygens (including phenoxy) is 1. The van der Waals surface area contributed by atoms with E-state index in [0.29, 0.717) is 6.54 Å². The van der Waals surface area contributed by atoms with Crippen molar-refractivity contribution in [3.05, 3.63) is 29.8 Å². The Morgan fingerprint density at radius 3 is 2.80 bits per heavy atom. The Balaban J connectivity index is 2.41. The fraction of sp³-hybridized carbons (Fsp3) is 0.500. The fourth-order valence-electron chi connectivity index (χ4n) is 1.61. The predicted molar refractivity (Wildman–Crippen MR) is 73.9 cm³/mol. The monoisotopic (exact) mass is 286 g/mol. The van der Waals surface area contributed by atoms with Gasteiger partial charge in [0.1, 0.15) is 6.61 Å². The summed E-state index contributed by atoms with van der Waals surface area (Å²) in [4.78, 5) is 11.7. The molecule has 0 aliphatic rings. The fourth-order valence-corrected chi connectivity index (χ4v) is 1.61. The quantitative estimate of drug-likeness (QED) is 0.685. The van der Waals surface area contributed by atoms with Crippen LogP contribution in [0.1, 0.15) is 18.9 Å². The van der Waals surface area contributed by atoms with Gasteiger partial charge in [-0.2, -0.15) is 0 Å². The zero-order chi connectivity index (χ0) is 14.8. The van der Waals surface area contributed by atoms with Crippen LogP contribution in [0.5, 0.6) is 0 Å². The molecule has 112 valence electrons. The lowest BCUT2D eigenvalue weighted by atomic mass is 10.1. The van der Waals surface area contributed by atoms with Crippen molar-refractivity contribution >= 4 is 11.6 Å². The number of benzene rings is 1. The first-order chi connectivity index (χ1) is 9.63. The molecular weight excluding hydrogens is 266 g/mol. The van der Waals surface area contributed by atoms with E-state index in [1.54, 1.807) is 0 Å². The molecule has 0 fully saturated rings. The average molecular weight is 286 g/mol. The number of carbonyl (C=O) groups excluding carboxylic acids is 1. The molecule has 0 aliphatic carbocycles. The van der Waals surface area contributed by atoms with Gasteiger partial charge in [0.15, 0.2) is 0 Å². The summed E-state index contributed by atoms with van der Waals surface area (Å²) in [5, 5.41) is 5.94. The molecule has 0 bridgehead atoms.